The molecule has 1 aliphatic rings. The van der Waals surface area contributed by atoms with Crippen molar-refractivity contribution in [2.45, 2.75) is 19.8 Å². The fourth-order valence-electron chi connectivity index (χ4n) is 1.61. The van der Waals surface area contributed by atoms with Crippen molar-refractivity contribution in [3.8, 4) is 0 Å². The first-order chi connectivity index (χ1) is 9.88. The fourth-order valence-corrected chi connectivity index (χ4v) is 1.61. The third kappa shape index (κ3) is 6.48. The van der Waals surface area contributed by atoms with Crippen LogP contribution in [0.25, 0.3) is 0 Å². The van der Waals surface area contributed by atoms with Crippen molar-refractivity contribution in [1.29, 1.82) is 0 Å². The zero-order valence-corrected chi connectivity index (χ0v) is 12.6. The molecule has 110 valence electrons. The Balaban J connectivity index is 2.52. The van der Waals surface area contributed by atoms with E-state index in [0.29, 0.717) is 16.9 Å². The van der Waals surface area contributed by atoms with Crippen LogP contribution in [0.4, 0.5) is 0 Å². The van der Waals surface area contributed by atoms with Gasteiger partial charge in [0.05, 0.1) is 0 Å². The second-order valence-electron chi connectivity index (χ2n) is 4.92. The van der Waals surface area contributed by atoms with E-state index in [1.807, 2.05) is 6.08 Å². The van der Waals surface area contributed by atoms with Crippen LogP contribution in [0, 0.1) is 0 Å². The van der Waals surface area contributed by atoms with Crippen molar-refractivity contribution < 1.29 is 9.84 Å². The van der Waals surface area contributed by atoms with Crippen molar-refractivity contribution in [2.75, 3.05) is 0 Å². The van der Waals surface area contributed by atoms with E-state index in [0.717, 1.165) is 18.6 Å². The summed E-state index contributed by atoms with van der Waals surface area (Å²) in [6.07, 6.45) is 12.6. The van der Waals surface area contributed by atoms with Gasteiger partial charge in [0.15, 0.2) is 0 Å². The molecule has 0 aromatic heterocycles. The lowest BCUT2D eigenvalue weighted by Crippen LogP contribution is -1.95. The Labute approximate surface area is 127 Å². The lowest BCUT2D eigenvalue weighted by atomic mass is 10.1. The highest BCUT2D eigenvalue weighted by Gasteiger charge is 2.05. The Kier molecular flexibility index (Phi) is 6.28. The van der Waals surface area contributed by atoms with Gasteiger partial charge in [-0.25, -0.2) is 0 Å². The van der Waals surface area contributed by atoms with Crippen LogP contribution in [0.3, 0.4) is 0 Å². The van der Waals surface area contributed by atoms with E-state index in [1.54, 1.807) is 18.2 Å². The largest absolute Gasteiger partial charge is 0.509 e. The van der Waals surface area contributed by atoms with E-state index in [2.05, 4.69) is 39.3 Å². The molecule has 0 heterocycles. The molecule has 0 fully saturated rings. The second-order valence-corrected chi connectivity index (χ2v) is 4.92. The second kappa shape index (κ2) is 7.95. The molecule has 0 aliphatic heterocycles. The Morgan fingerprint density at radius 1 is 1.00 bits per heavy atom. The maximum Gasteiger partial charge on any atom is 0.119 e. The third-order valence-electron chi connectivity index (χ3n) is 2.94. The van der Waals surface area contributed by atoms with Gasteiger partial charge in [-0.15, -0.1) is 0 Å². The van der Waals surface area contributed by atoms with Crippen LogP contribution in [0.1, 0.15) is 19.8 Å². The Hall–Kier alpha value is -2.48. The molecule has 0 aromatic carbocycles. The summed E-state index contributed by atoms with van der Waals surface area (Å²) < 4.78 is 5.66. The topological polar surface area (TPSA) is 29.5 Å². The van der Waals surface area contributed by atoms with Crippen LogP contribution >= 0.6 is 0 Å². The predicted molar refractivity (Wildman–Crippen MR) is 89.6 cm³/mol. The Bertz CT molecular complexity index is 581. The minimum Gasteiger partial charge on any atom is -0.509 e. The minimum atomic E-state index is -0.0201. The highest BCUT2D eigenvalue weighted by Crippen LogP contribution is 2.21. The van der Waals surface area contributed by atoms with Crippen LogP contribution in [0.5, 0.6) is 0 Å². The number of aliphatic hydroxyl groups excluding tert-OH is 1. The SMILES string of the molecule is C=C(O)/C=C\C(=C)C(=C)/C=C\C(=C)OC1=CC=C(C)CC1. The summed E-state index contributed by atoms with van der Waals surface area (Å²) in [7, 11) is 0. The van der Waals surface area contributed by atoms with Gasteiger partial charge in [-0.05, 0) is 42.7 Å². The van der Waals surface area contributed by atoms with Crippen LogP contribution < -0.4 is 0 Å². The number of rotatable bonds is 7. The van der Waals surface area contributed by atoms with E-state index >= 15 is 0 Å². The summed E-state index contributed by atoms with van der Waals surface area (Å²) in [5.41, 5.74) is 2.75. The van der Waals surface area contributed by atoms with Crippen molar-refractivity contribution >= 4 is 0 Å². The Morgan fingerprint density at radius 3 is 2.14 bits per heavy atom. The van der Waals surface area contributed by atoms with Gasteiger partial charge in [-0.3, -0.25) is 0 Å². The van der Waals surface area contributed by atoms with Crippen LogP contribution in [-0.2, 0) is 4.74 Å². The minimum absolute atomic E-state index is 0.0201. The molecule has 0 radical (unpaired) electrons. The van der Waals surface area contributed by atoms with Crippen LogP contribution in [0.15, 0.2) is 96.8 Å². The van der Waals surface area contributed by atoms with Gasteiger partial charge >= 0.3 is 0 Å². The van der Waals surface area contributed by atoms with E-state index < -0.39 is 0 Å². The van der Waals surface area contributed by atoms with E-state index in [1.165, 1.54) is 11.6 Å². The van der Waals surface area contributed by atoms with E-state index in [4.69, 9.17) is 9.84 Å². The molecule has 0 saturated heterocycles. The molecule has 0 atom stereocenters. The van der Waals surface area contributed by atoms with Crippen LogP contribution in [0.2, 0.25) is 0 Å². The summed E-state index contributed by atoms with van der Waals surface area (Å²) in [6.45, 7) is 17.1. The maximum absolute atomic E-state index is 8.99. The maximum atomic E-state index is 8.99. The van der Waals surface area contributed by atoms with E-state index in [9.17, 15) is 0 Å². The molecule has 1 rings (SSSR count). The zero-order chi connectivity index (χ0) is 15.8. The summed E-state index contributed by atoms with van der Waals surface area (Å²) >= 11 is 0. The lowest BCUT2D eigenvalue weighted by Gasteiger charge is -2.13. The Morgan fingerprint density at radius 2 is 1.62 bits per heavy atom. The molecule has 0 spiro atoms. The summed E-state index contributed by atoms with van der Waals surface area (Å²) in [4.78, 5) is 0. The summed E-state index contributed by atoms with van der Waals surface area (Å²) in [5, 5.41) is 8.99. The zero-order valence-electron chi connectivity index (χ0n) is 12.6. The van der Waals surface area contributed by atoms with Crippen molar-refractivity contribution in [2.24, 2.45) is 0 Å². The number of hydrogen-bond donors (Lipinski definition) is 1. The quantitative estimate of drug-likeness (QED) is 0.498. The number of hydrogen-bond acceptors (Lipinski definition) is 2. The molecule has 0 amide bonds. The number of ether oxygens (including phenoxy) is 1. The predicted octanol–water partition coefficient (Wildman–Crippen LogP) is 5.44. The van der Waals surface area contributed by atoms with Crippen molar-refractivity contribution in [3.05, 3.63) is 96.8 Å². The monoisotopic (exact) mass is 282 g/mol. The van der Waals surface area contributed by atoms with Gasteiger partial charge < -0.3 is 9.84 Å². The first-order valence-corrected chi connectivity index (χ1v) is 6.74. The summed E-state index contributed by atoms with van der Waals surface area (Å²) in [5.74, 6) is 1.45. The molecule has 0 aromatic rings. The average Bonchev–Trinajstić information content (AvgIpc) is 2.44. The normalized spacial score (nSPS) is 14.7. The molecule has 0 bridgehead atoms. The molecule has 2 heteroatoms. The van der Waals surface area contributed by atoms with Crippen molar-refractivity contribution in [1.82, 2.24) is 0 Å². The van der Waals surface area contributed by atoms with Crippen molar-refractivity contribution in [3.63, 3.8) is 0 Å². The van der Waals surface area contributed by atoms with Gasteiger partial charge in [0.2, 0.25) is 0 Å². The highest BCUT2D eigenvalue weighted by atomic mass is 16.5. The molecule has 1 N–H and O–H groups in total. The van der Waals surface area contributed by atoms with Gasteiger partial charge in [0.25, 0.3) is 0 Å². The molecule has 0 unspecified atom stereocenters. The fraction of sp³-hybridized carbons (Fsp3) is 0.158. The molecule has 1 aliphatic carbocycles. The molecule has 2 nitrogen and oxygen atoms in total. The molecular weight excluding hydrogens is 260 g/mol. The smallest absolute Gasteiger partial charge is 0.119 e. The third-order valence-corrected chi connectivity index (χ3v) is 2.94. The molecule has 21 heavy (non-hydrogen) atoms. The van der Waals surface area contributed by atoms with E-state index in [-0.39, 0.29) is 5.76 Å². The highest BCUT2D eigenvalue weighted by molar-refractivity contribution is 5.44. The standard InChI is InChI=1S/C19H22O2/c1-14-6-12-19(13-7-14)21-18(5)11-9-16(3)15(2)8-10-17(4)20/h6,8-12,20H,2-5,7,13H2,1H3/b10-8-,11-9-. The van der Waals surface area contributed by atoms with Gasteiger partial charge in [-0.2, -0.15) is 0 Å². The lowest BCUT2D eigenvalue weighted by molar-refractivity contribution is 0.304. The van der Waals surface area contributed by atoms with Crippen LogP contribution in [-0.4, -0.2) is 5.11 Å². The molecule has 0 saturated carbocycles. The number of allylic oxidation sites excluding steroid dienone is 10. The summed E-state index contributed by atoms with van der Waals surface area (Å²) in [6, 6.07) is 0. The first-order valence-electron chi connectivity index (χ1n) is 6.74. The number of aliphatic hydroxyl groups is 1. The molecular formula is C19H22O2. The average molecular weight is 282 g/mol. The van der Waals surface area contributed by atoms with Gasteiger partial charge in [0, 0.05) is 6.42 Å². The van der Waals surface area contributed by atoms with Gasteiger partial charge in [-0.1, -0.05) is 50.1 Å². The van der Waals surface area contributed by atoms with Gasteiger partial charge in [0.1, 0.15) is 17.3 Å². The first kappa shape index (κ1) is 16.6.